The molecule has 1 N–H and O–H groups in total. The Morgan fingerprint density at radius 2 is 2.24 bits per heavy atom. The normalized spacial score (nSPS) is 19.1. The van der Waals surface area contributed by atoms with Gasteiger partial charge in [-0.3, -0.25) is 0 Å². The van der Waals surface area contributed by atoms with Gasteiger partial charge in [0.05, 0.1) is 0 Å². The molecular formula is C13H17BrFNS. The molecule has 0 saturated heterocycles. The summed E-state index contributed by atoms with van der Waals surface area (Å²) >= 11 is 5.30. The lowest BCUT2D eigenvalue weighted by Crippen LogP contribution is -2.28. The van der Waals surface area contributed by atoms with Gasteiger partial charge in [-0.2, -0.15) is 11.8 Å². The van der Waals surface area contributed by atoms with E-state index in [1.165, 1.54) is 18.9 Å². The summed E-state index contributed by atoms with van der Waals surface area (Å²) in [6.45, 7) is 2.97. The number of hydrogen-bond donors (Lipinski definition) is 1. The zero-order chi connectivity index (χ0) is 12.5. The largest absolute Gasteiger partial charge is 0.309 e. The van der Waals surface area contributed by atoms with Crippen molar-refractivity contribution in [3.05, 3.63) is 34.1 Å². The highest BCUT2D eigenvalue weighted by Crippen LogP contribution is 2.46. The van der Waals surface area contributed by atoms with Crippen LogP contribution in [0.15, 0.2) is 22.7 Å². The lowest BCUT2D eigenvalue weighted by atomic mass is 10.1. The summed E-state index contributed by atoms with van der Waals surface area (Å²) in [6.07, 6.45) is 4.70. The first-order valence-electron chi connectivity index (χ1n) is 5.80. The molecule has 1 nitrogen and oxygen atoms in total. The lowest BCUT2D eigenvalue weighted by Gasteiger charge is -2.19. The van der Waals surface area contributed by atoms with Crippen molar-refractivity contribution in [2.24, 2.45) is 0 Å². The topological polar surface area (TPSA) is 12.0 Å². The molecule has 1 unspecified atom stereocenters. The SMILES string of the molecule is CSC1(CNC(C)c2cc(Br)ccc2F)CC1. The molecule has 0 aliphatic heterocycles. The molecular weight excluding hydrogens is 301 g/mol. The van der Waals surface area contributed by atoms with Crippen LogP contribution in [-0.2, 0) is 0 Å². The Labute approximate surface area is 115 Å². The maximum absolute atomic E-state index is 13.7. The van der Waals surface area contributed by atoms with Gasteiger partial charge >= 0.3 is 0 Å². The number of rotatable bonds is 5. The average molecular weight is 318 g/mol. The predicted molar refractivity (Wildman–Crippen MR) is 76.0 cm³/mol. The summed E-state index contributed by atoms with van der Waals surface area (Å²) in [4.78, 5) is 0. The molecule has 0 radical (unpaired) electrons. The van der Waals surface area contributed by atoms with Crippen molar-refractivity contribution in [1.29, 1.82) is 0 Å². The third-order valence-electron chi connectivity index (χ3n) is 3.40. The molecule has 1 fully saturated rings. The maximum Gasteiger partial charge on any atom is 0.128 e. The van der Waals surface area contributed by atoms with E-state index in [2.05, 4.69) is 27.5 Å². The zero-order valence-corrected chi connectivity index (χ0v) is 12.5. The highest BCUT2D eigenvalue weighted by molar-refractivity contribution is 9.10. The number of halogens is 2. The Balaban J connectivity index is 1.99. The smallest absolute Gasteiger partial charge is 0.128 e. The summed E-state index contributed by atoms with van der Waals surface area (Å²) in [5.41, 5.74) is 0.733. The van der Waals surface area contributed by atoms with Crippen molar-refractivity contribution in [2.45, 2.75) is 30.6 Å². The fourth-order valence-electron chi connectivity index (χ4n) is 1.89. The molecule has 0 amide bonds. The van der Waals surface area contributed by atoms with Crippen LogP contribution in [0.1, 0.15) is 31.4 Å². The third kappa shape index (κ3) is 3.24. The Bertz CT molecular complexity index is 406. The second kappa shape index (κ2) is 5.29. The molecule has 1 aliphatic rings. The van der Waals surface area contributed by atoms with Gasteiger partial charge in [0.25, 0.3) is 0 Å². The fourth-order valence-corrected chi connectivity index (χ4v) is 3.00. The van der Waals surface area contributed by atoms with Crippen LogP contribution in [0.25, 0.3) is 0 Å². The Kier molecular flexibility index (Phi) is 4.16. The van der Waals surface area contributed by atoms with Crippen LogP contribution >= 0.6 is 27.7 Å². The number of nitrogens with one attached hydrogen (secondary N) is 1. The molecule has 17 heavy (non-hydrogen) atoms. The second-order valence-electron chi connectivity index (χ2n) is 4.66. The van der Waals surface area contributed by atoms with E-state index in [1.54, 1.807) is 6.07 Å². The molecule has 0 spiro atoms. The zero-order valence-electron chi connectivity index (χ0n) is 10.1. The molecule has 0 bridgehead atoms. The highest BCUT2D eigenvalue weighted by atomic mass is 79.9. The van der Waals surface area contributed by atoms with Gasteiger partial charge in [-0.25, -0.2) is 4.39 Å². The molecule has 2 rings (SSSR count). The van der Waals surface area contributed by atoms with Gasteiger partial charge < -0.3 is 5.32 Å². The monoisotopic (exact) mass is 317 g/mol. The van der Waals surface area contributed by atoms with Gasteiger partial charge in [-0.1, -0.05) is 15.9 Å². The maximum atomic E-state index is 13.7. The van der Waals surface area contributed by atoms with Crippen molar-refractivity contribution in [2.75, 3.05) is 12.8 Å². The van der Waals surface area contributed by atoms with Crippen LogP contribution in [0.3, 0.4) is 0 Å². The van der Waals surface area contributed by atoms with Crippen molar-refractivity contribution in [3.8, 4) is 0 Å². The minimum Gasteiger partial charge on any atom is -0.309 e. The van der Waals surface area contributed by atoms with E-state index in [9.17, 15) is 4.39 Å². The summed E-state index contributed by atoms with van der Waals surface area (Å²) in [6, 6.07) is 5.15. The fraction of sp³-hybridized carbons (Fsp3) is 0.538. The minimum atomic E-state index is -0.137. The van der Waals surface area contributed by atoms with Crippen molar-refractivity contribution in [1.82, 2.24) is 5.32 Å². The minimum absolute atomic E-state index is 0.0529. The summed E-state index contributed by atoms with van der Waals surface area (Å²) < 4.78 is 15.0. The van der Waals surface area contributed by atoms with Crippen molar-refractivity contribution >= 4 is 27.7 Å². The van der Waals surface area contributed by atoms with Gasteiger partial charge in [-0.05, 0) is 44.2 Å². The summed E-state index contributed by atoms with van der Waals surface area (Å²) in [5.74, 6) is -0.137. The van der Waals surface area contributed by atoms with E-state index in [1.807, 2.05) is 24.8 Å². The molecule has 1 atom stereocenters. The third-order valence-corrected chi connectivity index (χ3v) is 5.31. The first kappa shape index (κ1) is 13.4. The first-order valence-corrected chi connectivity index (χ1v) is 7.82. The van der Waals surface area contributed by atoms with Crippen LogP contribution < -0.4 is 5.32 Å². The molecule has 94 valence electrons. The standard InChI is InChI=1S/C13H17BrFNS/c1-9(16-8-13(17-2)5-6-13)11-7-10(14)3-4-12(11)15/h3-4,7,9,16H,5-6,8H2,1-2H3. The van der Waals surface area contributed by atoms with Gasteiger partial charge in [0, 0.05) is 27.4 Å². The van der Waals surface area contributed by atoms with E-state index < -0.39 is 0 Å². The Morgan fingerprint density at radius 3 is 2.82 bits per heavy atom. The van der Waals surface area contributed by atoms with Gasteiger partial charge in [0.2, 0.25) is 0 Å². The van der Waals surface area contributed by atoms with Gasteiger partial charge in [0.15, 0.2) is 0 Å². The first-order chi connectivity index (χ1) is 8.06. The van der Waals surface area contributed by atoms with E-state index in [4.69, 9.17) is 0 Å². The molecule has 4 heteroatoms. The lowest BCUT2D eigenvalue weighted by molar-refractivity contribution is 0.523. The number of thioether (sulfide) groups is 1. The van der Waals surface area contributed by atoms with E-state index in [-0.39, 0.29) is 11.9 Å². The van der Waals surface area contributed by atoms with E-state index in [0.717, 1.165) is 16.6 Å². The quantitative estimate of drug-likeness (QED) is 0.876. The molecule has 1 aliphatic carbocycles. The van der Waals surface area contributed by atoms with Crippen LogP contribution in [0.4, 0.5) is 4.39 Å². The van der Waals surface area contributed by atoms with Gasteiger partial charge in [0.1, 0.15) is 5.82 Å². The Hall–Kier alpha value is -0.0600. The highest BCUT2D eigenvalue weighted by Gasteiger charge is 2.41. The van der Waals surface area contributed by atoms with E-state index >= 15 is 0 Å². The number of hydrogen-bond acceptors (Lipinski definition) is 2. The Morgan fingerprint density at radius 1 is 1.53 bits per heavy atom. The molecule has 0 heterocycles. The molecule has 0 aromatic heterocycles. The van der Waals surface area contributed by atoms with Crippen molar-refractivity contribution < 1.29 is 4.39 Å². The number of benzene rings is 1. The van der Waals surface area contributed by atoms with Crippen molar-refractivity contribution in [3.63, 3.8) is 0 Å². The van der Waals surface area contributed by atoms with Crippen LogP contribution in [0.2, 0.25) is 0 Å². The molecule has 1 aromatic carbocycles. The molecule has 1 aromatic rings. The molecule has 1 saturated carbocycles. The van der Waals surface area contributed by atoms with E-state index in [0.29, 0.717) is 4.75 Å². The van der Waals surface area contributed by atoms with Crippen LogP contribution in [0, 0.1) is 5.82 Å². The summed E-state index contributed by atoms with van der Waals surface area (Å²) in [7, 11) is 0. The van der Waals surface area contributed by atoms with Gasteiger partial charge in [-0.15, -0.1) is 0 Å². The van der Waals surface area contributed by atoms with Crippen LogP contribution in [-0.4, -0.2) is 17.5 Å². The van der Waals surface area contributed by atoms with Crippen LogP contribution in [0.5, 0.6) is 0 Å². The predicted octanol–water partition coefficient (Wildman–Crippen LogP) is 4.13. The average Bonchev–Trinajstić information content (AvgIpc) is 3.10. The summed E-state index contributed by atoms with van der Waals surface area (Å²) in [5, 5.41) is 3.44. The second-order valence-corrected chi connectivity index (χ2v) is 6.85.